The van der Waals surface area contributed by atoms with Gasteiger partial charge in [0.05, 0.1) is 13.7 Å². The highest BCUT2D eigenvalue weighted by Gasteiger charge is 2.53. The van der Waals surface area contributed by atoms with E-state index < -0.39 is 17.5 Å². The van der Waals surface area contributed by atoms with Crippen LogP contribution in [-0.4, -0.2) is 42.1 Å². The van der Waals surface area contributed by atoms with Gasteiger partial charge in [-0.25, -0.2) is 9.79 Å². The van der Waals surface area contributed by atoms with E-state index in [4.69, 9.17) is 9.15 Å². The first-order valence-corrected chi connectivity index (χ1v) is 9.82. The van der Waals surface area contributed by atoms with Gasteiger partial charge in [-0.05, 0) is 23.8 Å². The largest absolute Gasteiger partial charge is 0.497 e. The molecular weight excluding hydrogens is 414 g/mol. The van der Waals surface area contributed by atoms with Crippen LogP contribution in [0.1, 0.15) is 27.4 Å². The monoisotopic (exact) mass is 431 g/mol. The molecule has 1 atom stereocenters. The molecule has 160 valence electrons. The normalized spacial score (nSPS) is 21.3. The number of amides is 4. The number of ether oxygens (including phenoxy) is 1. The maximum atomic E-state index is 13.1. The number of imide groups is 1. The minimum absolute atomic E-state index is 0.141. The van der Waals surface area contributed by atoms with Crippen molar-refractivity contribution in [3.8, 4) is 11.8 Å². The van der Waals surface area contributed by atoms with Crippen molar-refractivity contribution >= 4 is 29.2 Å². The van der Waals surface area contributed by atoms with Crippen molar-refractivity contribution in [3.05, 3.63) is 59.1 Å². The van der Waals surface area contributed by atoms with Crippen molar-refractivity contribution in [1.82, 2.24) is 15.5 Å². The Labute approximate surface area is 182 Å². The van der Waals surface area contributed by atoms with E-state index in [2.05, 4.69) is 15.6 Å². The number of rotatable bonds is 4. The van der Waals surface area contributed by atoms with E-state index in [1.807, 2.05) is 6.07 Å². The van der Waals surface area contributed by atoms with Crippen molar-refractivity contribution in [2.75, 3.05) is 13.7 Å². The molecule has 1 aromatic heterocycles. The van der Waals surface area contributed by atoms with Gasteiger partial charge in [0.25, 0.3) is 11.8 Å². The number of nitriles is 1. The smallest absolute Gasteiger partial charge is 0.322 e. The SMILES string of the molecule is COc1ccc2c(c1)C(=O)N(C[C@@]1(c3cc4c(o3)CC=CC(C#N)=N4)NC(=O)NC1=O)C2. The molecule has 0 spiro atoms. The Hall–Kier alpha value is -4.39. The molecule has 1 fully saturated rings. The van der Waals surface area contributed by atoms with Crippen molar-refractivity contribution in [2.24, 2.45) is 4.99 Å². The van der Waals surface area contributed by atoms with Crippen LogP contribution in [0.4, 0.5) is 10.5 Å². The zero-order valence-corrected chi connectivity index (χ0v) is 17.0. The van der Waals surface area contributed by atoms with E-state index in [9.17, 15) is 19.6 Å². The average Bonchev–Trinajstić information content (AvgIpc) is 3.37. The molecule has 32 heavy (non-hydrogen) atoms. The molecule has 3 aliphatic rings. The summed E-state index contributed by atoms with van der Waals surface area (Å²) in [6.07, 6.45) is 3.68. The Kier molecular flexibility index (Phi) is 4.34. The summed E-state index contributed by atoms with van der Waals surface area (Å²) in [5.41, 5.74) is 0.240. The number of methoxy groups -OCH3 is 1. The highest BCUT2D eigenvalue weighted by atomic mass is 16.5. The van der Waals surface area contributed by atoms with Crippen LogP contribution in [0.5, 0.6) is 5.75 Å². The number of hydrogen-bond acceptors (Lipinski definition) is 7. The molecule has 0 aliphatic carbocycles. The molecule has 10 heteroatoms. The number of carbonyl (C=O) groups excluding carboxylic acids is 3. The lowest BCUT2D eigenvalue weighted by molar-refractivity contribution is -0.125. The standard InChI is InChI=1S/C22H17N5O5/c1-31-14-6-5-12-10-27(19(28)15(12)7-14)11-22(20(29)25-21(30)26-22)18-8-16-17(32-18)4-2-3-13(9-23)24-16/h2-3,5-8H,4,10-11H2,1H3,(H2,25,26,29,30)/t22-/m0/s1. The molecule has 5 rings (SSSR count). The third-order valence-electron chi connectivity index (χ3n) is 5.71. The van der Waals surface area contributed by atoms with Crippen molar-refractivity contribution in [1.29, 1.82) is 5.26 Å². The summed E-state index contributed by atoms with van der Waals surface area (Å²) in [4.78, 5) is 43.9. The fraction of sp³-hybridized carbons (Fsp3) is 0.227. The summed E-state index contributed by atoms with van der Waals surface area (Å²) in [5, 5.41) is 14.1. The number of nitrogens with zero attached hydrogens (tertiary/aromatic N) is 3. The second kappa shape index (κ2) is 7.09. The molecule has 0 unspecified atom stereocenters. The second-order valence-corrected chi connectivity index (χ2v) is 7.63. The van der Waals surface area contributed by atoms with Crippen molar-refractivity contribution < 1.29 is 23.5 Å². The number of nitrogens with one attached hydrogen (secondary N) is 2. The molecule has 0 radical (unpaired) electrons. The van der Waals surface area contributed by atoms with E-state index in [-0.39, 0.29) is 30.5 Å². The van der Waals surface area contributed by atoms with Gasteiger partial charge in [0.15, 0.2) is 5.54 Å². The van der Waals surface area contributed by atoms with Gasteiger partial charge in [0, 0.05) is 24.6 Å². The topological polar surface area (TPSA) is 137 Å². The molecule has 0 saturated carbocycles. The lowest BCUT2D eigenvalue weighted by Gasteiger charge is -2.29. The third kappa shape index (κ3) is 2.94. The summed E-state index contributed by atoms with van der Waals surface area (Å²) in [5.74, 6) is 0.231. The molecule has 4 heterocycles. The maximum absolute atomic E-state index is 13.1. The number of furan rings is 1. The van der Waals surface area contributed by atoms with Crippen LogP contribution in [0, 0.1) is 11.3 Å². The molecular formula is C22H17N5O5. The predicted octanol–water partition coefficient (Wildman–Crippen LogP) is 1.69. The number of hydrogen-bond donors (Lipinski definition) is 2. The van der Waals surface area contributed by atoms with E-state index in [1.54, 1.807) is 30.4 Å². The predicted molar refractivity (Wildman–Crippen MR) is 110 cm³/mol. The van der Waals surface area contributed by atoms with Gasteiger partial charge in [0.1, 0.15) is 34.7 Å². The Morgan fingerprint density at radius 2 is 2.16 bits per heavy atom. The number of benzene rings is 1. The fourth-order valence-electron chi connectivity index (χ4n) is 4.11. The summed E-state index contributed by atoms with van der Waals surface area (Å²) < 4.78 is 11.1. The number of aliphatic imine (C=N–C) groups is 1. The molecule has 2 N–H and O–H groups in total. The van der Waals surface area contributed by atoms with Crippen LogP contribution in [0.25, 0.3) is 0 Å². The lowest BCUT2D eigenvalue weighted by Crippen LogP contribution is -2.52. The van der Waals surface area contributed by atoms with E-state index in [1.165, 1.54) is 18.1 Å². The van der Waals surface area contributed by atoms with E-state index in [0.29, 0.717) is 29.2 Å². The highest BCUT2D eigenvalue weighted by Crippen LogP contribution is 2.37. The van der Waals surface area contributed by atoms with Gasteiger partial charge in [0.2, 0.25) is 0 Å². The zero-order chi connectivity index (χ0) is 22.5. The summed E-state index contributed by atoms with van der Waals surface area (Å²) >= 11 is 0. The molecule has 1 saturated heterocycles. The van der Waals surface area contributed by atoms with E-state index >= 15 is 0 Å². The minimum Gasteiger partial charge on any atom is -0.497 e. The molecule has 4 amide bonds. The van der Waals surface area contributed by atoms with Crippen LogP contribution >= 0.6 is 0 Å². The van der Waals surface area contributed by atoms with Gasteiger partial charge in [-0.15, -0.1) is 0 Å². The number of allylic oxidation sites excluding steroid dienone is 2. The van der Waals surface area contributed by atoms with Crippen LogP contribution in [0.3, 0.4) is 0 Å². The first-order chi connectivity index (χ1) is 15.4. The summed E-state index contributed by atoms with van der Waals surface area (Å²) in [6.45, 7) is 0.125. The van der Waals surface area contributed by atoms with Crippen LogP contribution in [0.2, 0.25) is 0 Å². The Morgan fingerprint density at radius 3 is 2.88 bits per heavy atom. The van der Waals surface area contributed by atoms with Gasteiger partial charge in [-0.3, -0.25) is 14.9 Å². The lowest BCUT2D eigenvalue weighted by atomic mass is 9.95. The minimum atomic E-state index is -1.63. The Balaban J connectivity index is 1.53. The first-order valence-electron chi connectivity index (χ1n) is 9.82. The zero-order valence-electron chi connectivity index (χ0n) is 17.0. The van der Waals surface area contributed by atoms with Crippen molar-refractivity contribution in [3.63, 3.8) is 0 Å². The third-order valence-corrected chi connectivity index (χ3v) is 5.71. The maximum Gasteiger partial charge on any atom is 0.322 e. The van der Waals surface area contributed by atoms with Crippen LogP contribution < -0.4 is 15.4 Å². The fourth-order valence-corrected chi connectivity index (χ4v) is 4.11. The van der Waals surface area contributed by atoms with Gasteiger partial charge < -0.3 is 19.4 Å². The van der Waals surface area contributed by atoms with Crippen LogP contribution in [-0.2, 0) is 23.3 Å². The van der Waals surface area contributed by atoms with Crippen molar-refractivity contribution in [2.45, 2.75) is 18.5 Å². The number of urea groups is 1. The van der Waals surface area contributed by atoms with Gasteiger partial charge in [-0.1, -0.05) is 12.1 Å². The summed E-state index contributed by atoms with van der Waals surface area (Å²) in [7, 11) is 1.52. The molecule has 1 aromatic carbocycles. The summed E-state index contributed by atoms with van der Waals surface area (Å²) in [6, 6.07) is 8.03. The molecule has 3 aliphatic heterocycles. The Morgan fingerprint density at radius 1 is 1.31 bits per heavy atom. The first kappa shape index (κ1) is 19.6. The second-order valence-electron chi connectivity index (χ2n) is 7.63. The number of fused-ring (bicyclic) bond motifs is 2. The van der Waals surface area contributed by atoms with Crippen LogP contribution in [0.15, 0.2) is 45.8 Å². The molecule has 2 aromatic rings. The average molecular weight is 431 g/mol. The Bertz CT molecular complexity index is 1280. The highest BCUT2D eigenvalue weighted by molar-refractivity contribution is 6.09. The van der Waals surface area contributed by atoms with E-state index in [0.717, 1.165) is 5.56 Å². The number of carbonyl (C=O) groups is 3. The quantitative estimate of drug-likeness (QED) is 0.707. The van der Waals surface area contributed by atoms with Gasteiger partial charge >= 0.3 is 6.03 Å². The molecule has 10 nitrogen and oxygen atoms in total. The van der Waals surface area contributed by atoms with Gasteiger partial charge in [-0.2, -0.15) is 5.26 Å². The molecule has 0 bridgehead atoms.